The quantitative estimate of drug-likeness (QED) is 0.545. The zero-order chi connectivity index (χ0) is 22.2. The van der Waals surface area contributed by atoms with Crippen LogP contribution in [0.15, 0.2) is 28.8 Å². The standard InChI is InChI=1S/C25H36N4O2S/c1-19-8-10-20(11-9-19)24-27-23(31-28-24)18-29-15-12-21(13-16-29)25(30)26-14-5-17-32-22-6-3-2-4-7-22/h8-11,21-22H,2-7,12-18H2,1H3,(H,26,30). The zero-order valence-corrected chi connectivity index (χ0v) is 20.0. The fourth-order valence-electron chi connectivity index (χ4n) is 4.59. The molecule has 32 heavy (non-hydrogen) atoms. The molecule has 0 atom stereocenters. The molecule has 1 saturated carbocycles. The third-order valence-electron chi connectivity index (χ3n) is 6.62. The number of aryl methyl sites for hydroxylation is 1. The lowest BCUT2D eigenvalue weighted by molar-refractivity contribution is -0.126. The fourth-order valence-corrected chi connectivity index (χ4v) is 5.90. The van der Waals surface area contributed by atoms with Crippen molar-refractivity contribution >= 4 is 17.7 Å². The van der Waals surface area contributed by atoms with Gasteiger partial charge >= 0.3 is 0 Å². The van der Waals surface area contributed by atoms with E-state index in [0.717, 1.165) is 55.5 Å². The SMILES string of the molecule is Cc1ccc(-c2noc(CN3CCC(C(=O)NCCCSC4CCCCC4)CC3)n2)cc1. The second-order valence-corrected chi connectivity index (χ2v) is 10.6. The molecule has 2 aliphatic rings. The van der Waals surface area contributed by atoms with E-state index in [4.69, 9.17) is 4.52 Å². The zero-order valence-electron chi connectivity index (χ0n) is 19.2. The largest absolute Gasteiger partial charge is 0.356 e. The van der Waals surface area contributed by atoms with Crippen LogP contribution in [-0.4, -0.2) is 51.6 Å². The van der Waals surface area contributed by atoms with Crippen LogP contribution in [0.25, 0.3) is 11.4 Å². The number of nitrogens with zero attached hydrogens (tertiary/aromatic N) is 3. The van der Waals surface area contributed by atoms with E-state index in [2.05, 4.69) is 51.2 Å². The molecule has 2 aromatic rings. The maximum atomic E-state index is 12.5. The molecule has 0 unspecified atom stereocenters. The molecule has 0 radical (unpaired) electrons. The third kappa shape index (κ3) is 6.82. The number of hydrogen-bond donors (Lipinski definition) is 1. The highest BCUT2D eigenvalue weighted by molar-refractivity contribution is 7.99. The normalized spacial score (nSPS) is 18.7. The van der Waals surface area contributed by atoms with Gasteiger partial charge in [0.1, 0.15) is 0 Å². The summed E-state index contributed by atoms with van der Waals surface area (Å²) in [5.41, 5.74) is 2.18. The van der Waals surface area contributed by atoms with Crippen molar-refractivity contribution in [1.82, 2.24) is 20.4 Å². The molecule has 0 spiro atoms. The summed E-state index contributed by atoms with van der Waals surface area (Å²) in [4.78, 5) is 19.4. The predicted molar refractivity (Wildman–Crippen MR) is 129 cm³/mol. The summed E-state index contributed by atoms with van der Waals surface area (Å²) in [6.07, 6.45) is 9.82. The van der Waals surface area contributed by atoms with Crippen LogP contribution in [0.4, 0.5) is 0 Å². The van der Waals surface area contributed by atoms with Crippen molar-refractivity contribution in [3.8, 4) is 11.4 Å². The molecule has 1 aliphatic heterocycles. The van der Waals surface area contributed by atoms with Gasteiger partial charge in [-0.25, -0.2) is 0 Å². The van der Waals surface area contributed by atoms with Gasteiger partial charge < -0.3 is 9.84 Å². The monoisotopic (exact) mass is 456 g/mol. The molecule has 2 heterocycles. The number of carbonyl (C=O) groups is 1. The van der Waals surface area contributed by atoms with Gasteiger partial charge in [-0.2, -0.15) is 16.7 Å². The minimum atomic E-state index is 0.128. The lowest BCUT2D eigenvalue weighted by atomic mass is 9.96. The first-order chi connectivity index (χ1) is 15.7. The van der Waals surface area contributed by atoms with Gasteiger partial charge in [-0.1, -0.05) is 54.2 Å². The number of nitrogens with one attached hydrogen (secondary N) is 1. The van der Waals surface area contributed by atoms with Crippen molar-refractivity contribution in [2.75, 3.05) is 25.4 Å². The molecule has 1 aliphatic carbocycles. The highest BCUT2D eigenvalue weighted by atomic mass is 32.2. The third-order valence-corrected chi connectivity index (χ3v) is 8.09. The Balaban J connectivity index is 1.12. The van der Waals surface area contributed by atoms with E-state index in [1.165, 1.54) is 37.7 Å². The summed E-state index contributed by atoms with van der Waals surface area (Å²) in [5, 5.41) is 8.15. The number of aromatic nitrogens is 2. The van der Waals surface area contributed by atoms with Crippen molar-refractivity contribution in [3.05, 3.63) is 35.7 Å². The topological polar surface area (TPSA) is 71.3 Å². The molecule has 1 N–H and O–H groups in total. The van der Waals surface area contributed by atoms with E-state index < -0.39 is 0 Å². The van der Waals surface area contributed by atoms with Crippen LogP contribution in [0.3, 0.4) is 0 Å². The number of carbonyl (C=O) groups excluding carboxylic acids is 1. The highest BCUT2D eigenvalue weighted by Gasteiger charge is 2.26. The van der Waals surface area contributed by atoms with E-state index >= 15 is 0 Å². The van der Waals surface area contributed by atoms with Gasteiger partial charge in [-0.3, -0.25) is 9.69 Å². The minimum absolute atomic E-state index is 0.128. The maximum Gasteiger partial charge on any atom is 0.241 e. The maximum absolute atomic E-state index is 12.5. The first-order valence-corrected chi connectivity index (χ1v) is 13.2. The Hall–Kier alpha value is -1.86. The van der Waals surface area contributed by atoms with E-state index in [1.807, 2.05) is 12.1 Å². The molecule has 1 amide bonds. The first-order valence-electron chi connectivity index (χ1n) is 12.2. The molecule has 2 fully saturated rings. The van der Waals surface area contributed by atoms with Crippen LogP contribution in [0.1, 0.15) is 62.8 Å². The summed E-state index contributed by atoms with van der Waals surface area (Å²) in [6.45, 7) is 5.29. The molecule has 174 valence electrons. The Morgan fingerprint density at radius 1 is 1.12 bits per heavy atom. The van der Waals surface area contributed by atoms with Crippen LogP contribution in [-0.2, 0) is 11.3 Å². The highest BCUT2D eigenvalue weighted by Crippen LogP contribution is 2.28. The average molecular weight is 457 g/mol. The Morgan fingerprint density at radius 2 is 1.88 bits per heavy atom. The summed E-state index contributed by atoms with van der Waals surface area (Å²) < 4.78 is 5.46. The van der Waals surface area contributed by atoms with Crippen LogP contribution < -0.4 is 5.32 Å². The second kappa shape index (κ2) is 11.8. The number of thioether (sulfide) groups is 1. The van der Waals surface area contributed by atoms with Crippen LogP contribution in [0.2, 0.25) is 0 Å². The Kier molecular flexibility index (Phi) is 8.62. The molecule has 1 saturated heterocycles. The van der Waals surface area contributed by atoms with Crippen molar-refractivity contribution in [3.63, 3.8) is 0 Å². The second-order valence-electron chi connectivity index (χ2n) is 9.20. The molecule has 1 aromatic heterocycles. The Labute approximate surface area is 195 Å². The van der Waals surface area contributed by atoms with Crippen molar-refractivity contribution < 1.29 is 9.32 Å². The Bertz CT molecular complexity index is 840. The van der Waals surface area contributed by atoms with E-state index in [-0.39, 0.29) is 11.8 Å². The number of likely N-dealkylation sites (tertiary alicyclic amines) is 1. The number of amides is 1. The summed E-state index contributed by atoms with van der Waals surface area (Å²) in [5.74, 6) is 2.79. The minimum Gasteiger partial charge on any atom is -0.356 e. The van der Waals surface area contributed by atoms with Gasteiger partial charge in [0, 0.05) is 23.3 Å². The molecule has 4 rings (SSSR count). The van der Waals surface area contributed by atoms with E-state index in [1.54, 1.807) is 0 Å². The van der Waals surface area contributed by atoms with Gasteiger partial charge in [0.2, 0.25) is 17.6 Å². The molecule has 1 aromatic carbocycles. The van der Waals surface area contributed by atoms with Crippen LogP contribution in [0, 0.1) is 12.8 Å². The van der Waals surface area contributed by atoms with Gasteiger partial charge in [-0.15, -0.1) is 0 Å². The molecule has 0 bridgehead atoms. The molecular weight excluding hydrogens is 420 g/mol. The van der Waals surface area contributed by atoms with E-state index in [0.29, 0.717) is 18.3 Å². The molecule has 7 heteroatoms. The van der Waals surface area contributed by atoms with Gasteiger partial charge in [0.05, 0.1) is 6.54 Å². The lowest BCUT2D eigenvalue weighted by Crippen LogP contribution is -2.40. The predicted octanol–water partition coefficient (Wildman–Crippen LogP) is 4.83. The smallest absolute Gasteiger partial charge is 0.241 e. The molecular formula is C25H36N4O2S. The van der Waals surface area contributed by atoms with Crippen molar-refractivity contribution in [1.29, 1.82) is 0 Å². The van der Waals surface area contributed by atoms with Crippen molar-refractivity contribution in [2.45, 2.75) is 70.1 Å². The van der Waals surface area contributed by atoms with Gasteiger partial charge in [0.15, 0.2) is 0 Å². The summed E-state index contributed by atoms with van der Waals surface area (Å²) in [7, 11) is 0. The summed E-state index contributed by atoms with van der Waals surface area (Å²) in [6, 6.07) is 8.14. The number of rotatable bonds is 9. The lowest BCUT2D eigenvalue weighted by Gasteiger charge is -2.30. The number of piperidine rings is 1. The number of hydrogen-bond acceptors (Lipinski definition) is 6. The fraction of sp³-hybridized carbons (Fsp3) is 0.640. The van der Waals surface area contributed by atoms with Crippen LogP contribution >= 0.6 is 11.8 Å². The van der Waals surface area contributed by atoms with Crippen LogP contribution in [0.5, 0.6) is 0 Å². The van der Waals surface area contributed by atoms with E-state index in [9.17, 15) is 4.79 Å². The Morgan fingerprint density at radius 3 is 2.62 bits per heavy atom. The van der Waals surface area contributed by atoms with Gasteiger partial charge in [0.25, 0.3) is 0 Å². The number of benzene rings is 1. The van der Waals surface area contributed by atoms with Gasteiger partial charge in [-0.05, 0) is 57.9 Å². The average Bonchev–Trinajstić information content (AvgIpc) is 3.29. The first kappa shape index (κ1) is 23.3. The summed E-state index contributed by atoms with van der Waals surface area (Å²) >= 11 is 2.11. The molecule has 6 nitrogen and oxygen atoms in total. The van der Waals surface area contributed by atoms with Crippen molar-refractivity contribution in [2.24, 2.45) is 5.92 Å².